The highest BCUT2D eigenvalue weighted by Crippen LogP contribution is 2.70. The van der Waals surface area contributed by atoms with Crippen LogP contribution in [-0.2, 0) is 43.2 Å². The van der Waals surface area contributed by atoms with Crippen molar-refractivity contribution < 1.29 is 50.9 Å². The van der Waals surface area contributed by atoms with Crippen LogP contribution in [0.15, 0.2) is 0 Å². The number of carbonyl (C=O) groups is 3. The van der Waals surface area contributed by atoms with Gasteiger partial charge >= 0.3 is 28.3 Å². The molecule has 0 saturated heterocycles. The number of hydrogen-bond donors (Lipinski definition) is 2. The fourth-order valence-electron chi connectivity index (χ4n) is 10.6. The molecule has 45 heavy (non-hydrogen) atoms. The molecule has 0 heterocycles. The maximum absolute atomic E-state index is 13.0. The van der Waals surface area contributed by atoms with Gasteiger partial charge in [-0.05, 0) is 85.9 Å². The van der Waals surface area contributed by atoms with E-state index in [1.54, 1.807) is 0 Å². The molecule has 4 fully saturated rings. The van der Waals surface area contributed by atoms with Crippen molar-refractivity contribution in [2.45, 2.75) is 143 Å². The minimum absolute atomic E-state index is 0.0489. The summed E-state index contributed by atoms with van der Waals surface area (Å²) in [5.41, 5.74) is -2.09. The van der Waals surface area contributed by atoms with E-state index < -0.39 is 63.0 Å². The molecule has 0 spiro atoms. The summed E-state index contributed by atoms with van der Waals surface area (Å²) in [6.45, 7) is 14.3. The van der Waals surface area contributed by atoms with Crippen LogP contribution in [0, 0.1) is 46.3 Å². The van der Waals surface area contributed by atoms with Crippen LogP contribution < -0.4 is 0 Å². The summed E-state index contributed by atoms with van der Waals surface area (Å²) < 4.78 is 54.9. The zero-order valence-electron chi connectivity index (χ0n) is 28.1. The molecule has 4 rings (SSSR count). The highest BCUT2D eigenvalue weighted by Gasteiger charge is 2.72. The van der Waals surface area contributed by atoms with Gasteiger partial charge in [0.1, 0.15) is 18.3 Å². The van der Waals surface area contributed by atoms with E-state index in [0.717, 1.165) is 12.8 Å². The first-order valence-electron chi connectivity index (χ1n) is 16.6. The Balaban J connectivity index is 1.68. The second kappa shape index (κ2) is 13.0. The van der Waals surface area contributed by atoms with E-state index in [1.165, 1.54) is 20.8 Å². The third-order valence-electron chi connectivity index (χ3n) is 12.2. The number of aliphatic hydroxyl groups is 1. The highest BCUT2D eigenvalue weighted by atomic mass is 32.3. The smallest absolute Gasteiger partial charge is 0.397 e. The van der Waals surface area contributed by atoms with Crippen molar-refractivity contribution >= 4 is 28.3 Å². The van der Waals surface area contributed by atoms with Crippen molar-refractivity contribution in [2.75, 3.05) is 0 Å². The number of ether oxygens (including phenoxy) is 3. The van der Waals surface area contributed by atoms with Crippen LogP contribution in [-0.4, -0.2) is 66.0 Å². The van der Waals surface area contributed by atoms with Gasteiger partial charge in [-0.2, -0.15) is 8.42 Å². The van der Waals surface area contributed by atoms with Crippen molar-refractivity contribution in [3.05, 3.63) is 0 Å². The molecular formula is C33H54O11S. The molecule has 0 aliphatic heterocycles. The Morgan fingerprint density at radius 2 is 1.42 bits per heavy atom. The van der Waals surface area contributed by atoms with E-state index in [4.69, 9.17) is 18.4 Å². The molecule has 0 bridgehead atoms. The van der Waals surface area contributed by atoms with Crippen molar-refractivity contribution in [1.29, 1.82) is 0 Å². The maximum Gasteiger partial charge on any atom is 0.397 e. The van der Waals surface area contributed by atoms with Gasteiger partial charge in [-0.15, -0.1) is 0 Å². The summed E-state index contributed by atoms with van der Waals surface area (Å²) in [6.07, 6.45) is 3.17. The predicted molar refractivity (Wildman–Crippen MR) is 164 cm³/mol. The zero-order valence-corrected chi connectivity index (χ0v) is 28.9. The molecule has 258 valence electrons. The van der Waals surface area contributed by atoms with E-state index >= 15 is 0 Å². The lowest BCUT2D eigenvalue weighted by Gasteiger charge is -2.66. The van der Waals surface area contributed by atoms with Gasteiger partial charge in [0.2, 0.25) is 0 Å². The van der Waals surface area contributed by atoms with Crippen LogP contribution >= 0.6 is 0 Å². The van der Waals surface area contributed by atoms with E-state index in [-0.39, 0.29) is 48.1 Å². The van der Waals surface area contributed by atoms with E-state index in [9.17, 15) is 32.5 Å². The van der Waals surface area contributed by atoms with Crippen LogP contribution in [0.4, 0.5) is 0 Å². The van der Waals surface area contributed by atoms with Gasteiger partial charge in [-0.25, -0.2) is 4.18 Å². The first-order valence-corrected chi connectivity index (χ1v) is 18.0. The Hall–Kier alpha value is -1.76. The van der Waals surface area contributed by atoms with Crippen LogP contribution in [0.1, 0.15) is 113 Å². The van der Waals surface area contributed by atoms with Crippen LogP contribution in [0.3, 0.4) is 0 Å². The Morgan fingerprint density at radius 1 is 0.844 bits per heavy atom. The molecule has 4 aliphatic carbocycles. The Morgan fingerprint density at radius 3 is 1.98 bits per heavy atom. The number of carbonyl (C=O) groups excluding carboxylic acids is 3. The van der Waals surface area contributed by atoms with Crippen molar-refractivity contribution in [3.63, 3.8) is 0 Å². The first kappa shape index (κ1) is 36.1. The Bertz CT molecular complexity index is 1230. The normalized spacial score (nSPS) is 40.8. The molecule has 0 aromatic heterocycles. The van der Waals surface area contributed by atoms with Gasteiger partial charge in [0.25, 0.3) is 0 Å². The van der Waals surface area contributed by atoms with Crippen molar-refractivity contribution in [3.8, 4) is 0 Å². The molecule has 4 saturated carbocycles. The van der Waals surface area contributed by atoms with E-state index in [1.807, 2.05) is 13.8 Å². The fraction of sp³-hybridized carbons (Fsp3) is 0.909. The highest BCUT2D eigenvalue weighted by molar-refractivity contribution is 7.80. The zero-order chi connectivity index (χ0) is 33.7. The average Bonchev–Trinajstić information content (AvgIpc) is 3.18. The molecule has 4 aliphatic rings. The van der Waals surface area contributed by atoms with Crippen LogP contribution in [0.25, 0.3) is 0 Å². The third-order valence-corrected chi connectivity index (χ3v) is 12.7. The number of fused-ring (bicyclic) bond motifs is 5. The van der Waals surface area contributed by atoms with Gasteiger partial charge in [0.15, 0.2) is 0 Å². The second-order valence-electron chi connectivity index (χ2n) is 15.4. The molecule has 12 heteroatoms. The third kappa shape index (κ3) is 7.23. The molecule has 0 radical (unpaired) electrons. The summed E-state index contributed by atoms with van der Waals surface area (Å²) in [6, 6.07) is 0. The summed E-state index contributed by atoms with van der Waals surface area (Å²) in [4.78, 5) is 36.7. The summed E-state index contributed by atoms with van der Waals surface area (Å²) >= 11 is 0. The molecule has 11 nitrogen and oxygen atoms in total. The Labute approximate surface area is 268 Å². The minimum Gasteiger partial charge on any atom is -0.463 e. The number of esters is 3. The van der Waals surface area contributed by atoms with Gasteiger partial charge in [0.05, 0.1) is 11.7 Å². The van der Waals surface area contributed by atoms with Crippen LogP contribution in [0.2, 0.25) is 0 Å². The van der Waals surface area contributed by atoms with Gasteiger partial charge in [-0.3, -0.25) is 18.9 Å². The first-order chi connectivity index (χ1) is 20.7. The average molecular weight is 659 g/mol. The van der Waals surface area contributed by atoms with Gasteiger partial charge in [0, 0.05) is 39.0 Å². The van der Waals surface area contributed by atoms with Gasteiger partial charge in [-0.1, -0.05) is 34.6 Å². The standard InChI is InChI=1S/C33H54O11S/c1-18(2)26(44-45(38,39)40)10-9-19(3)24-16-27(42-21(5)35)30-32(24,8)14-12-29-31(7)13-11-23(41-20(4)34)15-25(31)28(43-22(6)36)17-33(29,30)37/h18-19,23-30,37H,9-17H2,1-8H3,(H,38,39,40)/t19-,23+,24-,25-,26+,27-,28+,29-,30-,31+,32-,33+/m1/s1. The van der Waals surface area contributed by atoms with Gasteiger partial charge < -0.3 is 19.3 Å². The maximum atomic E-state index is 13.0. The molecule has 0 unspecified atom stereocenters. The van der Waals surface area contributed by atoms with Crippen molar-refractivity contribution in [2.24, 2.45) is 46.3 Å². The molecule has 2 N–H and O–H groups in total. The lowest BCUT2D eigenvalue weighted by Crippen LogP contribution is -2.69. The largest absolute Gasteiger partial charge is 0.463 e. The number of rotatable bonds is 10. The monoisotopic (exact) mass is 658 g/mol. The minimum atomic E-state index is -4.60. The molecule has 0 aromatic carbocycles. The molecular weight excluding hydrogens is 604 g/mol. The quantitative estimate of drug-likeness (QED) is 0.184. The SMILES string of the molecule is CC(=O)O[C@H]1CC[C@@]2(C)[C@H](C1)[C@@H](OC(C)=O)C[C@]1(O)[C@@H]2CC[C@]2(C)[C@@H]([C@H](C)CC[C@H](OS(=O)(=O)O)C(C)C)C[C@@H](OC(C)=O)[C@H]21. The summed E-state index contributed by atoms with van der Waals surface area (Å²) in [7, 11) is -4.60. The lowest BCUT2D eigenvalue weighted by atomic mass is 9.41. The van der Waals surface area contributed by atoms with E-state index in [0.29, 0.717) is 38.5 Å². The molecule has 12 atom stereocenters. The Kier molecular flexibility index (Phi) is 10.5. The molecule has 0 amide bonds. The fourth-order valence-corrected chi connectivity index (χ4v) is 11.2. The number of hydrogen-bond acceptors (Lipinski definition) is 10. The van der Waals surface area contributed by atoms with E-state index in [2.05, 4.69) is 20.8 Å². The predicted octanol–water partition coefficient (Wildman–Crippen LogP) is 5.04. The second-order valence-corrected chi connectivity index (χ2v) is 16.4. The van der Waals surface area contributed by atoms with Crippen LogP contribution in [0.5, 0.6) is 0 Å². The van der Waals surface area contributed by atoms with Crippen molar-refractivity contribution in [1.82, 2.24) is 0 Å². The summed E-state index contributed by atoms with van der Waals surface area (Å²) in [5, 5.41) is 13.0. The summed E-state index contributed by atoms with van der Waals surface area (Å²) in [5.74, 6) is -1.86. The topological polar surface area (TPSA) is 163 Å². The molecule has 0 aromatic rings. The lowest BCUT2D eigenvalue weighted by molar-refractivity contribution is -0.268.